The minimum Gasteiger partial charge on any atom is -0.466 e. The van der Waals surface area contributed by atoms with Crippen LogP contribution in [0, 0.1) is 23.7 Å². The zero-order valence-electron chi connectivity index (χ0n) is 25.1. The van der Waals surface area contributed by atoms with Crippen molar-refractivity contribution in [3.05, 3.63) is 0 Å². The van der Waals surface area contributed by atoms with E-state index in [9.17, 15) is 9.59 Å². The smallest absolute Gasteiger partial charge is 0.309 e. The van der Waals surface area contributed by atoms with Crippen molar-refractivity contribution in [2.24, 2.45) is 23.7 Å². The molecule has 0 N–H and O–H groups in total. The Balaban J connectivity index is 3.56. The summed E-state index contributed by atoms with van der Waals surface area (Å²) in [7, 11) is 0. The van der Waals surface area contributed by atoms with Crippen LogP contribution in [0.15, 0.2) is 0 Å². The fourth-order valence-electron chi connectivity index (χ4n) is 4.62. The Kier molecular flexibility index (Phi) is 23.6. The summed E-state index contributed by atoms with van der Waals surface area (Å²) in [6, 6.07) is 0. The van der Waals surface area contributed by atoms with E-state index in [2.05, 4.69) is 41.5 Å². The average Bonchev–Trinajstić information content (AvgIpc) is 2.80. The standard InChI is InChI=1S/C32H62O4/c1-27(2)21-17-19-25-35-31(33)24-16-14-12-10-8-7-9-11-13-15-23-30(29(5)6)32(34)36-26-20-18-22-28(3)4/h27-30H,7-26H2,1-6H3. The first-order chi connectivity index (χ1) is 17.2. The van der Waals surface area contributed by atoms with Crippen molar-refractivity contribution in [1.82, 2.24) is 0 Å². The number of carbonyl (C=O) groups is 2. The van der Waals surface area contributed by atoms with Crippen LogP contribution in [0.5, 0.6) is 0 Å². The van der Waals surface area contributed by atoms with Gasteiger partial charge in [-0.3, -0.25) is 9.59 Å². The normalized spacial score (nSPS) is 12.5. The van der Waals surface area contributed by atoms with Crippen LogP contribution in [0.1, 0.15) is 157 Å². The predicted molar refractivity (Wildman–Crippen MR) is 153 cm³/mol. The third kappa shape index (κ3) is 23.3. The molecule has 0 saturated carbocycles. The number of hydrogen-bond acceptors (Lipinski definition) is 4. The Morgan fingerprint density at radius 2 is 0.917 bits per heavy atom. The van der Waals surface area contributed by atoms with Crippen LogP contribution in [-0.2, 0) is 19.1 Å². The second-order valence-corrected chi connectivity index (χ2v) is 12.1. The van der Waals surface area contributed by atoms with Gasteiger partial charge in [0, 0.05) is 6.42 Å². The molecule has 0 aliphatic rings. The molecule has 0 radical (unpaired) electrons. The maximum absolute atomic E-state index is 12.5. The van der Waals surface area contributed by atoms with Crippen molar-refractivity contribution in [2.75, 3.05) is 13.2 Å². The largest absolute Gasteiger partial charge is 0.466 e. The third-order valence-corrected chi connectivity index (χ3v) is 7.11. The Morgan fingerprint density at radius 3 is 1.39 bits per heavy atom. The number of unbranched alkanes of at least 4 members (excludes halogenated alkanes) is 11. The molecule has 0 fully saturated rings. The lowest BCUT2D eigenvalue weighted by molar-refractivity contribution is -0.150. The highest BCUT2D eigenvalue weighted by molar-refractivity contribution is 5.72. The molecule has 0 amide bonds. The Labute approximate surface area is 225 Å². The van der Waals surface area contributed by atoms with Crippen LogP contribution >= 0.6 is 0 Å². The minimum absolute atomic E-state index is 0.0180. The summed E-state index contributed by atoms with van der Waals surface area (Å²) in [5.74, 6) is 1.86. The average molecular weight is 511 g/mol. The van der Waals surface area contributed by atoms with Crippen LogP contribution in [-0.4, -0.2) is 25.2 Å². The molecular weight excluding hydrogens is 448 g/mol. The van der Waals surface area contributed by atoms with E-state index in [-0.39, 0.29) is 17.9 Å². The highest BCUT2D eigenvalue weighted by Crippen LogP contribution is 2.22. The molecule has 0 bridgehead atoms. The zero-order chi connectivity index (χ0) is 27.0. The summed E-state index contributed by atoms with van der Waals surface area (Å²) in [4.78, 5) is 24.2. The zero-order valence-corrected chi connectivity index (χ0v) is 25.1. The van der Waals surface area contributed by atoms with Gasteiger partial charge in [-0.1, -0.05) is 112 Å². The van der Waals surface area contributed by atoms with Crippen molar-refractivity contribution in [3.63, 3.8) is 0 Å². The lowest BCUT2D eigenvalue weighted by Gasteiger charge is -2.19. The molecule has 0 aromatic rings. The molecule has 0 rings (SSSR count). The van der Waals surface area contributed by atoms with Crippen molar-refractivity contribution in [3.8, 4) is 0 Å². The number of rotatable bonds is 25. The maximum atomic E-state index is 12.5. The molecule has 0 aliphatic heterocycles. The molecule has 0 heterocycles. The van der Waals surface area contributed by atoms with E-state index in [1.165, 1.54) is 57.8 Å². The lowest BCUT2D eigenvalue weighted by atomic mass is 9.90. The second kappa shape index (κ2) is 24.3. The van der Waals surface area contributed by atoms with E-state index in [1.807, 2.05) is 0 Å². The third-order valence-electron chi connectivity index (χ3n) is 7.11. The molecule has 1 unspecified atom stereocenters. The van der Waals surface area contributed by atoms with Gasteiger partial charge in [0.25, 0.3) is 0 Å². The quantitative estimate of drug-likeness (QED) is 0.0906. The first-order valence-electron chi connectivity index (χ1n) is 15.6. The summed E-state index contributed by atoms with van der Waals surface area (Å²) in [6.07, 6.45) is 20.3. The highest BCUT2D eigenvalue weighted by atomic mass is 16.5. The fraction of sp³-hybridized carbons (Fsp3) is 0.938. The number of hydrogen-bond donors (Lipinski definition) is 0. The van der Waals surface area contributed by atoms with Crippen LogP contribution in [0.3, 0.4) is 0 Å². The summed E-state index contributed by atoms with van der Waals surface area (Å²) in [5.41, 5.74) is 0. The maximum Gasteiger partial charge on any atom is 0.309 e. The van der Waals surface area contributed by atoms with Crippen molar-refractivity contribution in [1.29, 1.82) is 0 Å². The summed E-state index contributed by atoms with van der Waals surface area (Å²) >= 11 is 0. The highest BCUT2D eigenvalue weighted by Gasteiger charge is 2.23. The van der Waals surface area contributed by atoms with Gasteiger partial charge in [-0.05, 0) is 56.3 Å². The SMILES string of the molecule is CC(C)CCCCOC(=O)CCCCCCCCCCCCC(C(=O)OCCCCC(C)C)C(C)C. The molecule has 0 aromatic heterocycles. The molecule has 4 nitrogen and oxygen atoms in total. The Hall–Kier alpha value is -1.06. The summed E-state index contributed by atoms with van der Waals surface area (Å²) in [6.45, 7) is 14.4. The molecule has 36 heavy (non-hydrogen) atoms. The molecule has 214 valence electrons. The van der Waals surface area contributed by atoms with Crippen LogP contribution in [0.25, 0.3) is 0 Å². The van der Waals surface area contributed by atoms with Crippen LogP contribution in [0.4, 0.5) is 0 Å². The van der Waals surface area contributed by atoms with Gasteiger partial charge in [-0.15, -0.1) is 0 Å². The van der Waals surface area contributed by atoms with E-state index in [0.29, 0.717) is 25.6 Å². The van der Waals surface area contributed by atoms with E-state index in [1.54, 1.807) is 0 Å². The molecule has 1 atom stereocenters. The Morgan fingerprint density at radius 1 is 0.500 bits per heavy atom. The topological polar surface area (TPSA) is 52.6 Å². The monoisotopic (exact) mass is 510 g/mol. The van der Waals surface area contributed by atoms with E-state index >= 15 is 0 Å². The van der Waals surface area contributed by atoms with Gasteiger partial charge in [-0.25, -0.2) is 0 Å². The second-order valence-electron chi connectivity index (χ2n) is 12.1. The predicted octanol–water partition coefficient (Wildman–Crippen LogP) is 9.68. The lowest BCUT2D eigenvalue weighted by Crippen LogP contribution is -2.23. The summed E-state index contributed by atoms with van der Waals surface area (Å²) in [5, 5.41) is 0. The van der Waals surface area contributed by atoms with Gasteiger partial charge in [0.2, 0.25) is 0 Å². The molecule has 4 heteroatoms. The van der Waals surface area contributed by atoms with Crippen molar-refractivity contribution in [2.45, 2.75) is 157 Å². The fourth-order valence-corrected chi connectivity index (χ4v) is 4.62. The Bertz CT molecular complexity index is 512. The van der Waals surface area contributed by atoms with Gasteiger partial charge in [0.05, 0.1) is 19.1 Å². The van der Waals surface area contributed by atoms with Gasteiger partial charge in [0.1, 0.15) is 0 Å². The number of esters is 2. The molecule has 0 aliphatic carbocycles. The van der Waals surface area contributed by atoms with E-state index in [0.717, 1.165) is 63.2 Å². The van der Waals surface area contributed by atoms with Gasteiger partial charge < -0.3 is 9.47 Å². The molecule has 0 aromatic carbocycles. The first-order valence-corrected chi connectivity index (χ1v) is 15.6. The van der Waals surface area contributed by atoms with E-state index in [4.69, 9.17) is 9.47 Å². The first kappa shape index (κ1) is 34.9. The minimum atomic E-state index is -0.0193. The van der Waals surface area contributed by atoms with Gasteiger partial charge >= 0.3 is 11.9 Å². The van der Waals surface area contributed by atoms with Crippen LogP contribution < -0.4 is 0 Å². The molecule has 0 spiro atoms. The van der Waals surface area contributed by atoms with E-state index < -0.39 is 0 Å². The molecular formula is C32H62O4. The van der Waals surface area contributed by atoms with Gasteiger partial charge in [0.15, 0.2) is 0 Å². The van der Waals surface area contributed by atoms with Crippen molar-refractivity contribution < 1.29 is 19.1 Å². The van der Waals surface area contributed by atoms with Crippen LogP contribution in [0.2, 0.25) is 0 Å². The van der Waals surface area contributed by atoms with Crippen molar-refractivity contribution >= 4 is 11.9 Å². The molecule has 0 saturated heterocycles. The number of ether oxygens (including phenoxy) is 2. The van der Waals surface area contributed by atoms with Gasteiger partial charge in [-0.2, -0.15) is 0 Å². The summed E-state index contributed by atoms with van der Waals surface area (Å²) < 4.78 is 10.9. The number of carbonyl (C=O) groups excluding carboxylic acids is 2.